The average Bonchev–Trinajstić information content (AvgIpc) is 3.52. The fourth-order valence-corrected chi connectivity index (χ4v) is 4.23. The standard InChI is InChI=1S/C25H29N5O4/c1-33-21-10-8-19(9-11-21)15-29-16-20(30-17-22(27-28-30)25(32)34-2)14-23(29)24(31)26-13-12-18-6-4-3-5-7-18/h3-11,17,20,23H,12-16H2,1-2H3,(H,26,31)/t20-,23-/m0/s1. The van der Waals surface area contributed by atoms with Gasteiger partial charge in [-0.1, -0.05) is 47.7 Å². The van der Waals surface area contributed by atoms with Gasteiger partial charge in [0.05, 0.1) is 32.5 Å². The Morgan fingerprint density at radius 1 is 1.06 bits per heavy atom. The van der Waals surface area contributed by atoms with E-state index >= 15 is 0 Å². The zero-order chi connectivity index (χ0) is 23.9. The monoisotopic (exact) mass is 463 g/mol. The van der Waals surface area contributed by atoms with Crippen molar-refractivity contribution in [3.05, 3.63) is 77.6 Å². The number of esters is 1. The fourth-order valence-electron chi connectivity index (χ4n) is 4.23. The van der Waals surface area contributed by atoms with Crippen molar-refractivity contribution in [2.24, 2.45) is 0 Å². The van der Waals surface area contributed by atoms with Crippen LogP contribution in [-0.2, 0) is 22.5 Å². The fraction of sp³-hybridized carbons (Fsp3) is 0.360. The highest BCUT2D eigenvalue weighted by Gasteiger charge is 2.38. The number of carbonyl (C=O) groups is 2. The minimum absolute atomic E-state index is 0.0137. The topological polar surface area (TPSA) is 98.6 Å². The number of nitrogens with one attached hydrogen (secondary N) is 1. The van der Waals surface area contributed by atoms with E-state index in [0.29, 0.717) is 26.1 Å². The van der Waals surface area contributed by atoms with E-state index in [1.54, 1.807) is 18.0 Å². The molecule has 0 spiro atoms. The van der Waals surface area contributed by atoms with Gasteiger partial charge in [0.25, 0.3) is 0 Å². The van der Waals surface area contributed by atoms with Gasteiger partial charge in [-0.05, 0) is 36.1 Å². The van der Waals surface area contributed by atoms with E-state index < -0.39 is 5.97 Å². The Labute approximate surface area is 198 Å². The lowest BCUT2D eigenvalue weighted by Crippen LogP contribution is -2.43. The number of hydrogen-bond acceptors (Lipinski definition) is 7. The van der Waals surface area contributed by atoms with Crippen LogP contribution in [0.5, 0.6) is 5.75 Å². The first kappa shape index (κ1) is 23.4. The van der Waals surface area contributed by atoms with Gasteiger partial charge in [-0.25, -0.2) is 9.48 Å². The van der Waals surface area contributed by atoms with Gasteiger partial charge >= 0.3 is 5.97 Å². The molecule has 9 heteroatoms. The Kier molecular flexibility index (Phi) is 7.54. The number of benzene rings is 2. The van der Waals surface area contributed by atoms with Gasteiger partial charge in [0.1, 0.15) is 5.75 Å². The summed E-state index contributed by atoms with van der Waals surface area (Å²) in [6, 6.07) is 17.5. The van der Waals surface area contributed by atoms with Crippen molar-refractivity contribution < 1.29 is 19.1 Å². The highest BCUT2D eigenvalue weighted by molar-refractivity contribution is 5.86. The first-order chi connectivity index (χ1) is 16.6. The Morgan fingerprint density at radius 3 is 2.53 bits per heavy atom. The number of hydrogen-bond donors (Lipinski definition) is 1. The number of rotatable bonds is 9. The maximum Gasteiger partial charge on any atom is 0.360 e. The summed E-state index contributed by atoms with van der Waals surface area (Å²) in [4.78, 5) is 27.1. The largest absolute Gasteiger partial charge is 0.497 e. The van der Waals surface area contributed by atoms with E-state index in [0.717, 1.165) is 17.7 Å². The molecule has 4 rings (SSSR count). The molecule has 1 saturated heterocycles. The van der Waals surface area contributed by atoms with Crippen molar-refractivity contribution in [3.63, 3.8) is 0 Å². The summed E-state index contributed by atoms with van der Waals surface area (Å²) in [7, 11) is 2.94. The molecule has 1 aliphatic heterocycles. The molecule has 1 aromatic heterocycles. The summed E-state index contributed by atoms with van der Waals surface area (Å²) < 4.78 is 11.6. The second-order valence-corrected chi connectivity index (χ2v) is 8.28. The molecule has 0 bridgehead atoms. The molecule has 1 N–H and O–H groups in total. The molecule has 2 aromatic carbocycles. The van der Waals surface area contributed by atoms with E-state index in [-0.39, 0.29) is 23.7 Å². The van der Waals surface area contributed by atoms with Gasteiger partial charge in [-0.3, -0.25) is 9.69 Å². The molecule has 0 aliphatic carbocycles. The van der Waals surface area contributed by atoms with Crippen LogP contribution in [0.2, 0.25) is 0 Å². The third-order valence-corrected chi connectivity index (χ3v) is 6.06. The molecule has 2 heterocycles. The lowest BCUT2D eigenvalue weighted by atomic mass is 10.1. The second-order valence-electron chi connectivity index (χ2n) is 8.28. The zero-order valence-corrected chi connectivity index (χ0v) is 19.4. The summed E-state index contributed by atoms with van der Waals surface area (Å²) in [6.45, 7) is 1.78. The number of methoxy groups -OCH3 is 2. The minimum Gasteiger partial charge on any atom is -0.497 e. The van der Waals surface area contributed by atoms with Crippen LogP contribution in [0.3, 0.4) is 0 Å². The highest BCUT2D eigenvalue weighted by atomic mass is 16.5. The van der Waals surface area contributed by atoms with Crippen LogP contribution < -0.4 is 10.1 Å². The van der Waals surface area contributed by atoms with Gasteiger partial charge in [0.15, 0.2) is 5.69 Å². The average molecular weight is 464 g/mol. The predicted octanol–water partition coefficient (Wildman–Crippen LogP) is 2.25. The quantitative estimate of drug-likeness (QED) is 0.486. The Balaban J connectivity index is 1.46. The lowest BCUT2D eigenvalue weighted by molar-refractivity contribution is -0.125. The number of ether oxygens (including phenoxy) is 2. The first-order valence-electron chi connectivity index (χ1n) is 11.3. The van der Waals surface area contributed by atoms with E-state index in [1.807, 2.05) is 42.5 Å². The lowest BCUT2D eigenvalue weighted by Gasteiger charge is -2.23. The normalized spacial score (nSPS) is 17.9. The molecule has 1 aliphatic rings. The Bertz CT molecular complexity index is 1100. The molecule has 9 nitrogen and oxygen atoms in total. The summed E-state index contributed by atoms with van der Waals surface area (Å²) in [5, 5.41) is 11.1. The molecule has 1 fully saturated rings. The maximum absolute atomic E-state index is 13.2. The second kappa shape index (κ2) is 10.9. The number of aromatic nitrogens is 3. The minimum atomic E-state index is -0.533. The van der Waals surface area contributed by atoms with E-state index in [1.165, 1.54) is 12.7 Å². The smallest absolute Gasteiger partial charge is 0.360 e. The van der Waals surface area contributed by atoms with Gasteiger partial charge in [-0.15, -0.1) is 5.10 Å². The van der Waals surface area contributed by atoms with Crippen LogP contribution in [-0.4, -0.2) is 65.1 Å². The number of carbonyl (C=O) groups excluding carboxylic acids is 2. The van der Waals surface area contributed by atoms with Crippen LogP contribution >= 0.6 is 0 Å². The molecule has 34 heavy (non-hydrogen) atoms. The van der Waals surface area contributed by atoms with E-state index in [4.69, 9.17) is 9.47 Å². The van der Waals surface area contributed by atoms with Gasteiger partial charge in [-0.2, -0.15) is 0 Å². The molecular formula is C25H29N5O4. The molecule has 0 saturated carbocycles. The van der Waals surface area contributed by atoms with E-state index in [9.17, 15) is 9.59 Å². The van der Waals surface area contributed by atoms with Crippen LogP contribution in [0.25, 0.3) is 0 Å². The van der Waals surface area contributed by atoms with Crippen LogP contribution in [0.15, 0.2) is 60.8 Å². The van der Waals surface area contributed by atoms with Crippen LogP contribution in [0.1, 0.15) is 34.1 Å². The number of amides is 1. The maximum atomic E-state index is 13.2. The molecule has 2 atom stereocenters. The summed E-state index contributed by atoms with van der Waals surface area (Å²) in [5.41, 5.74) is 2.41. The molecule has 1 amide bonds. The number of nitrogens with zero attached hydrogens (tertiary/aromatic N) is 4. The van der Waals surface area contributed by atoms with Crippen molar-refractivity contribution in [2.75, 3.05) is 27.3 Å². The predicted molar refractivity (Wildman–Crippen MR) is 125 cm³/mol. The third kappa shape index (κ3) is 5.60. The van der Waals surface area contributed by atoms with Gasteiger partial charge in [0.2, 0.25) is 5.91 Å². The Morgan fingerprint density at radius 2 is 1.82 bits per heavy atom. The van der Waals surface area contributed by atoms with Crippen molar-refractivity contribution >= 4 is 11.9 Å². The van der Waals surface area contributed by atoms with Crippen molar-refractivity contribution in [1.29, 1.82) is 0 Å². The summed E-state index contributed by atoms with van der Waals surface area (Å²) in [6.07, 6.45) is 2.92. The summed E-state index contributed by atoms with van der Waals surface area (Å²) in [5.74, 6) is 0.242. The van der Waals surface area contributed by atoms with Crippen molar-refractivity contribution in [1.82, 2.24) is 25.2 Å². The molecule has 178 valence electrons. The molecule has 3 aromatic rings. The first-order valence-corrected chi connectivity index (χ1v) is 11.3. The molecular weight excluding hydrogens is 434 g/mol. The van der Waals surface area contributed by atoms with Gasteiger partial charge in [0, 0.05) is 19.6 Å². The zero-order valence-electron chi connectivity index (χ0n) is 19.4. The van der Waals surface area contributed by atoms with Crippen molar-refractivity contribution in [2.45, 2.75) is 31.5 Å². The number of likely N-dealkylation sites (tertiary alicyclic amines) is 1. The van der Waals surface area contributed by atoms with Gasteiger partial charge < -0.3 is 14.8 Å². The molecule has 0 radical (unpaired) electrons. The summed E-state index contributed by atoms with van der Waals surface area (Å²) >= 11 is 0. The highest BCUT2D eigenvalue weighted by Crippen LogP contribution is 2.29. The van der Waals surface area contributed by atoms with Crippen LogP contribution in [0.4, 0.5) is 0 Å². The third-order valence-electron chi connectivity index (χ3n) is 6.06. The van der Waals surface area contributed by atoms with E-state index in [2.05, 4.69) is 32.7 Å². The van der Waals surface area contributed by atoms with Crippen LogP contribution in [0, 0.1) is 0 Å². The van der Waals surface area contributed by atoms with Crippen molar-refractivity contribution in [3.8, 4) is 5.75 Å². The Hall–Kier alpha value is -3.72. The molecule has 0 unspecified atom stereocenters. The SMILES string of the molecule is COC(=O)c1cn([C@H]2C[C@@H](C(=O)NCCc3ccccc3)N(Cc3ccc(OC)cc3)C2)nn1.